The first kappa shape index (κ1) is 19.5. The highest BCUT2D eigenvalue weighted by molar-refractivity contribution is 9.11. The maximum absolute atomic E-state index is 12.1. The molecular formula is C22H21Br2NO3. The summed E-state index contributed by atoms with van der Waals surface area (Å²) in [6.07, 6.45) is 3.00. The van der Waals surface area contributed by atoms with E-state index in [1.54, 1.807) is 6.07 Å². The Morgan fingerprint density at radius 1 is 1.18 bits per heavy atom. The van der Waals surface area contributed by atoms with Gasteiger partial charge in [0.05, 0.1) is 5.69 Å². The van der Waals surface area contributed by atoms with Crippen molar-refractivity contribution in [1.82, 2.24) is 0 Å². The third-order valence-electron chi connectivity index (χ3n) is 5.15. The summed E-state index contributed by atoms with van der Waals surface area (Å²) in [6.45, 7) is 5.31. The van der Waals surface area contributed by atoms with E-state index in [9.17, 15) is 4.79 Å². The smallest absolute Gasteiger partial charge is 0.336 e. The van der Waals surface area contributed by atoms with Crippen LogP contribution in [0.15, 0.2) is 48.5 Å². The molecule has 0 fully saturated rings. The average Bonchev–Trinajstić information content (AvgIpc) is 2.66. The van der Waals surface area contributed by atoms with Crippen LogP contribution in [0.1, 0.15) is 36.5 Å². The lowest BCUT2D eigenvalue weighted by atomic mass is 9.98. The topological polar surface area (TPSA) is 42.7 Å². The minimum absolute atomic E-state index is 0.294. The Balaban J connectivity index is 1.79. The number of nitrogens with zero attached hydrogens (tertiary/aromatic N) is 1. The van der Waals surface area contributed by atoms with Crippen LogP contribution in [0.5, 0.6) is 5.75 Å². The molecule has 0 amide bonds. The summed E-state index contributed by atoms with van der Waals surface area (Å²) < 4.78 is 13.7. The molecule has 1 aliphatic rings. The van der Waals surface area contributed by atoms with Crippen LogP contribution < -0.4 is 15.3 Å². The number of hydrogen-bond acceptors (Lipinski definition) is 4. The Morgan fingerprint density at radius 3 is 2.75 bits per heavy atom. The molecule has 3 aromatic rings. The van der Waals surface area contributed by atoms with Gasteiger partial charge >= 0.3 is 5.63 Å². The molecule has 0 radical (unpaired) electrons. The van der Waals surface area contributed by atoms with Crippen LogP contribution in [-0.4, -0.2) is 6.73 Å². The number of ether oxygens (including phenoxy) is 1. The van der Waals surface area contributed by atoms with Gasteiger partial charge in [0.25, 0.3) is 0 Å². The molecule has 1 aliphatic heterocycles. The van der Waals surface area contributed by atoms with Crippen molar-refractivity contribution in [3.63, 3.8) is 0 Å². The van der Waals surface area contributed by atoms with Gasteiger partial charge in [0.2, 0.25) is 0 Å². The zero-order valence-corrected chi connectivity index (χ0v) is 19.0. The molecule has 0 N–H and O–H groups in total. The highest BCUT2D eigenvalue weighted by Crippen LogP contribution is 2.39. The molecule has 0 aliphatic carbocycles. The van der Waals surface area contributed by atoms with Crippen molar-refractivity contribution < 1.29 is 9.15 Å². The SMILES string of the molecule is CCCCc1cc(=O)oc2c(C)c3c(cc12)CN(c1ccc(Br)cc1Br)CO3. The van der Waals surface area contributed by atoms with Crippen molar-refractivity contribution >= 4 is 48.5 Å². The predicted octanol–water partition coefficient (Wildman–Crippen LogP) is 6.33. The summed E-state index contributed by atoms with van der Waals surface area (Å²) in [7, 11) is 0. The molecule has 0 spiro atoms. The minimum atomic E-state index is -0.294. The number of rotatable bonds is 4. The lowest BCUT2D eigenvalue weighted by Gasteiger charge is -2.32. The number of fused-ring (bicyclic) bond motifs is 2. The number of benzene rings is 2. The van der Waals surface area contributed by atoms with Gasteiger partial charge in [-0.1, -0.05) is 29.3 Å². The summed E-state index contributed by atoms with van der Waals surface area (Å²) in [5.74, 6) is 0.827. The van der Waals surface area contributed by atoms with Gasteiger partial charge in [0.1, 0.15) is 11.3 Å². The molecular weight excluding hydrogens is 486 g/mol. The molecule has 4 rings (SSSR count). The van der Waals surface area contributed by atoms with Crippen LogP contribution in [0, 0.1) is 6.92 Å². The molecule has 0 bridgehead atoms. The molecule has 0 saturated heterocycles. The summed E-state index contributed by atoms with van der Waals surface area (Å²) in [5, 5.41) is 1.02. The second kappa shape index (κ2) is 7.91. The Hall–Kier alpha value is -1.79. The summed E-state index contributed by atoms with van der Waals surface area (Å²) in [5.41, 5.74) is 4.50. The highest BCUT2D eigenvalue weighted by atomic mass is 79.9. The van der Waals surface area contributed by atoms with Crippen LogP contribution in [0.25, 0.3) is 11.0 Å². The van der Waals surface area contributed by atoms with E-state index in [4.69, 9.17) is 9.15 Å². The van der Waals surface area contributed by atoms with Crippen molar-refractivity contribution in [2.24, 2.45) is 0 Å². The molecule has 2 aromatic carbocycles. The van der Waals surface area contributed by atoms with E-state index in [2.05, 4.69) is 55.8 Å². The van der Waals surface area contributed by atoms with Gasteiger partial charge in [0, 0.05) is 38.1 Å². The van der Waals surface area contributed by atoms with E-state index in [1.165, 1.54) is 0 Å². The van der Waals surface area contributed by atoms with Crippen molar-refractivity contribution in [1.29, 1.82) is 0 Å². The fourth-order valence-electron chi connectivity index (χ4n) is 3.75. The molecule has 6 heteroatoms. The zero-order valence-electron chi connectivity index (χ0n) is 15.9. The fourth-order valence-corrected chi connectivity index (χ4v) is 5.05. The van der Waals surface area contributed by atoms with Gasteiger partial charge in [-0.05, 0) is 65.5 Å². The Labute approximate surface area is 180 Å². The molecule has 28 heavy (non-hydrogen) atoms. The molecule has 1 aromatic heterocycles. The van der Waals surface area contributed by atoms with Gasteiger partial charge in [-0.2, -0.15) is 0 Å². The van der Waals surface area contributed by atoms with Crippen molar-refractivity contribution in [2.45, 2.75) is 39.7 Å². The van der Waals surface area contributed by atoms with Crippen LogP contribution in [0.3, 0.4) is 0 Å². The quantitative estimate of drug-likeness (QED) is 0.388. The Bertz CT molecular complexity index is 1110. The largest absolute Gasteiger partial charge is 0.472 e. The second-order valence-electron chi connectivity index (χ2n) is 7.13. The first-order valence-electron chi connectivity index (χ1n) is 9.40. The van der Waals surface area contributed by atoms with E-state index in [0.29, 0.717) is 12.3 Å². The summed E-state index contributed by atoms with van der Waals surface area (Å²) >= 11 is 7.15. The van der Waals surface area contributed by atoms with E-state index in [1.807, 2.05) is 19.1 Å². The van der Waals surface area contributed by atoms with E-state index in [-0.39, 0.29) is 5.63 Å². The highest BCUT2D eigenvalue weighted by Gasteiger charge is 2.24. The number of unbranched alkanes of at least 4 members (excludes halogenated alkanes) is 1. The van der Waals surface area contributed by atoms with Crippen LogP contribution in [0.2, 0.25) is 0 Å². The zero-order chi connectivity index (χ0) is 19.8. The average molecular weight is 507 g/mol. The van der Waals surface area contributed by atoms with Gasteiger partial charge in [-0.15, -0.1) is 0 Å². The third kappa shape index (κ3) is 3.60. The number of halogens is 2. The Morgan fingerprint density at radius 2 is 2.00 bits per heavy atom. The number of aryl methyl sites for hydroxylation is 2. The maximum atomic E-state index is 12.1. The third-order valence-corrected chi connectivity index (χ3v) is 6.28. The van der Waals surface area contributed by atoms with Crippen LogP contribution in [0.4, 0.5) is 5.69 Å². The molecule has 0 atom stereocenters. The Kier molecular flexibility index (Phi) is 5.52. The van der Waals surface area contributed by atoms with Gasteiger partial charge in [0.15, 0.2) is 6.73 Å². The first-order chi connectivity index (χ1) is 13.5. The lowest BCUT2D eigenvalue weighted by Crippen LogP contribution is -2.32. The van der Waals surface area contributed by atoms with Gasteiger partial charge < -0.3 is 14.1 Å². The monoisotopic (exact) mass is 505 g/mol. The van der Waals surface area contributed by atoms with Crippen LogP contribution >= 0.6 is 31.9 Å². The van der Waals surface area contributed by atoms with Crippen molar-refractivity contribution in [3.8, 4) is 5.75 Å². The van der Waals surface area contributed by atoms with E-state index >= 15 is 0 Å². The fraction of sp³-hybridized carbons (Fsp3) is 0.318. The summed E-state index contributed by atoms with van der Waals surface area (Å²) in [6, 6.07) is 9.90. The second-order valence-corrected chi connectivity index (χ2v) is 8.90. The standard InChI is InChI=1S/C22H21Br2NO3/c1-3-4-5-14-9-20(26)28-22-13(2)21-15(8-17(14)22)11-25(12-27-21)19-7-6-16(23)10-18(19)24/h6-10H,3-5,11-12H2,1-2H3. The first-order valence-corrected chi connectivity index (χ1v) is 11.0. The van der Waals surface area contributed by atoms with Crippen molar-refractivity contribution in [3.05, 3.63) is 66.4 Å². The van der Waals surface area contributed by atoms with E-state index < -0.39 is 0 Å². The molecule has 146 valence electrons. The lowest BCUT2D eigenvalue weighted by molar-refractivity contribution is 0.287. The van der Waals surface area contributed by atoms with Crippen LogP contribution in [-0.2, 0) is 13.0 Å². The molecule has 4 nitrogen and oxygen atoms in total. The predicted molar refractivity (Wildman–Crippen MR) is 119 cm³/mol. The van der Waals surface area contributed by atoms with Gasteiger partial charge in [-0.25, -0.2) is 4.79 Å². The maximum Gasteiger partial charge on any atom is 0.336 e. The van der Waals surface area contributed by atoms with E-state index in [0.717, 1.165) is 68.3 Å². The number of anilines is 1. The molecule has 0 saturated carbocycles. The molecule has 2 heterocycles. The normalized spacial score (nSPS) is 13.5. The number of hydrogen-bond donors (Lipinski definition) is 0. The summed E-state index contributed by atoms with van der Waals surface area (Å²) in [4.78, 5) is 14.3. The van der Waals surface area contributed by atoms with Gasteiger partial charge in [-0.3, -0.25) is 0 Å². The minimum Gasteiger partial charge on any atom is -0.472 e. The van der Waals surface area contributed by atoms with Crippen molar-refractivity contribution in [2.75, 3.05) is 11.6 Å². The molecule has 0 unspecified atom stereocenters.